The smallest absolute Gasteiger partial charge is 0.0159 e. The van der Waals surface area contributed by atoms with Gasteiger partial charge in [-0.05, 0) is 139 Å². The van der Waals surface area contributed by atoms with E-state index in [4.69, 9.17) is 0 Å². The number of hydrogen-bond acceptors (Lipinski definition) is 0. The van der Waals surface area contributed by atoms with Crippen LogP contribution in [0, 0.1) is 0 Å². The summed E-state index contributed by atoms with van der Waals surface area (Å²) in [4.78, 5) is 0. The molecular weight excluding hydrogens is 697 g/mol. The van der Waals surface area contributed by atoms with Gasteiger partial charge < -0.3 is 0 Å². The summed E-state index contributed by atoms with van der Waals surface area (Å²) in [5, 5.41) is 10.2. The molecule has 0 atom stereocenters. The van der Waals surface area contributed by atoms with Crippen molar-refractivity contribution in [3.63, 3.8) is 0 Å². The number of hydrogen-bond donors (Lipinski definition) is 0. The third-order valence-electron chi connectivity index (χ3n) is 13.8. The predicted octanol–water partition coefficient (Wildman–Crippen LogP) is 15.9. The SMILES string of the molecule is CC1(C)c2ccccc2-c2ccc(-c3ccc4c(-c5c6ccccc6cc6ccccc56)c5ccccc5c(-c5cccc6c5-c5ccccc5C6(C)C)c4c3)cc21. The molecule has 0 heteroatoms. The Balaban J connectivity index is 1.23. The normalized spacial score (nSPS) is 14.5. The van der Waals surface area contributed by atoms with E-state index in [1.165, 1.54) is 121 Å². The van der Waals surface area contributed by atoms with Crippen molar-refractivity contribution in [2.75, 3.05) is 0 Å². The fraction of sp³-hybridized carbons (Fsp3) is 0.103. The molecule has 0 saturated carbocycles. The molecule has 2 aliphatic carbocycles. The molecule has 12 rings (SSSR count). The first kappa shape index (κ1) is 33.4. The van der Waals surface area contributed by atoms with Gasteiger partial charge in [-0.2, -0.15) is 0 Å². The Morgan fingerprint density at radius 1 is 0.259 bits per heavy atom. The molecule has 0 radical (unpaired) electrons. The maximum atomic E-state index is 2.51. The lowest BCUT2D eigenvalue weighted by molar-refractivity contribution is 0.660. The average molecular weight is 739 g/mol. The van der Waals surface area contributed by atoms with E-state index < -0.39 is 0 Å². The highest BCUT2D eigenvalue weighted by molar-refractivity contribution is 6.28. The van der Waals surface area contributed by atoms with Crippen LogP contribution in [-0.4, -0.2) is 0 Å². The van der Waals surface area contributed by atoms with E-state index in [1.54, 1.807) is 0 Å². The second-order valence-corrected chi connectivity index (χ2v) is 17.6. The highest BCUT2D eigenvalue weighted by Crippen LogP contribution is 2.56. The molecule has 0 aromatic heterocycles. The summed E-state index contributed by atoms with van der Waals surface area (Å²) in [6, 6.07) is 68.9. The molecule has 0 N–H and O–H groups in total. The van der Waals surface area contributed by atoms with Crippen LogP contribution in [0.1, 0.15) is 49.9 Å². The number of fused-ring (bicyclic) bond motifs is 10. The highest BCUT2D eigenvalue weighted by atomic mass is 14.4. The van der Waals surface area contributed by atoms with Crippen molar-refractivity contribution in [1.29, 1.82) is 0 Å². The summed E-state index contributed by atoms with van der Waals surface area (Å²) in [6.45, 7) is 9.53. The van der Waals surface area contributed by atoms with Gasteiger partial charge in [0.1, 0.15) is 0 Å². The van der Waals surface area contributed by atoms with Crippen molar-refractivity contribution < 1.29 is 0 Å². The molecule has 0 unspecified atom stereocenters. The molecule has 10 aromatic rings. The molecular formula is C58H42. The third kappa shape index (κ3) is 4.46. The molecule has 0 amide bonds. The van der Waals surface area contributed by atoms with Gasteiger partial charge in [0.15, 0.2) is 0 Å². The van der Waals surface area contributed by atoms with Crippen LogP contribution in [0.25, 0.3) is 98.7 Å². The molecule has 274 valence electrons. The van der Waals surface area contributed by atoms with Crippen LogP contribution in [0.4, 0.5) is 0 Å². The maximum Gasteiger partial charge on any atom is 0.0159 e. The van der Waals surface area contributed by atoms with Crippen molar-refractivity contribution in [1.82, 2.24) is 0 Å². The maximum absolute atomic E-state index is 2.51. The van der Waals surface area contributed by atoms with Crippen LogP contribution in [0.2, 0.25) is 0 Å². The van der Waals surface area contributed by atoms with Crippen LogP contribution in [-0.2, 0) is 10.8 Å². The average Bonchev–Trinajstić information content (AvgIpc) is 3.64. The molecule has 2 aliphatic rings. The van der Waals surface area contributed by atoms with E-state index in [-0.39, 0.29) is 10.8 Å². The van der Waals surface area contributed by atoms with Gasteiger partial charge >= 0.3 is 0 Å². The second kappa shape index (κ2) is 11.9. The van der Waals surface area contributed by atoms with Gasteiger partial charge in [-0.3, -0.25) is 0 Å². The van der Waals surface area contributed by atoms with E-state index in [2.05, 4.69) is 210 Å². The molecule has 0 aliphatic heterocycles. The van der Waals surface area contributed by atoms with Gasteiger partial charge in [0.2, 0.25) is 0 Å². The Bertz CT molecular complexity index is 3340. The number of benzene rings is 10. The Kier molecular flexibility index (Phi) is 6.84. The monoisotopic (exact) mass is 738 g/mol. The molecule has 0 spiro atoms. The summed E-state index contributed by atoms with van der Waals surface area (Å²) in [7, 11) is 0. The lowest BCUT2D eigenvalue weighted by Gasteiger charge is -2.24. The van der Waals surface area contributed by atoms with Crippen molar-refractivity contribution in [2.45, 2.75) is 38.5 Å². The van der Waals surface area contributed by atoms with Gasteiger partial charge in [0, 0.05) is 10.8 Å². The van der Waals surface area contributed by atoms with Gasteiger partial charge in [0.05, 0.1) is 0 Å². The lowest BCUT2D eigenvalue weighted by atomic mass is 9.79. The van der Waals surface area contributed by atoms with Gasteiger partial charge in [-0.25, -0.2) is 0 Å². The second-order valence-electron chi connectivity index (χ2n) is 17.6. The zero-order valence-corrected chi connectivity index (χ0v) is 33.3. The molecule has 58 heavy (non-hydrogen) atoms. The van der Waals surface area contributed by atoms with Crippen LogP contribution >= 0.6 is 0 Å². The zero-order chi connectivity index (χ0) is 38.9. The summed E-state index contributed by atoms with van der Waals surface area (Å²) in [5.74, 6) is 0. The minimum absolute atomic E-state index is 0.0759. The third-order valence-corrected chi connectivity index (χ3v) is 13.8. The van der Waals surface area contributed by atoms with E-state index in [0.29, 0.717) is 0 Å². The quantitative estimate of drug-likeness (QED) is 0.158. The summed E-state index contributed by atoms with van der Waals surface area (Å²) in [6.07, 6.45) is 0. The van der Waals surface area contributed by atoms with Crippen LogP contribution in [0.15, 0.2) is 182 Å². The summed E-state index contributed by atoms with van der Waals surface area (Å²) < 4.78 is 0. The standard InChI is InChI=1S/C58H42/c1-57(2)50-26-14-12-23-46(50)54-47(24-15-27-51(54)57)53-43-21-9-10-22-44(43)56(55-39-18-7-5-16-37(39)32-38-17-6-8-19-40(38)55)45-31-29-35(33-48(45)53)36-28-30-42-41-20-11-13-25-49(41)58(3,4)52(42)34-36/h5-34H,1-4H3. The van der Waals surface area contributed by atoms with Crippen LogP contribution < -0.4 is 0 Å². The molecule has 0 bridgehead atoms. The van der Waals surface area contributed by atoms with Crippen LogP contribution in [0.5, 0.6) is 0 Å². The Morgan fingerprint density at radius 3 is 1.45 bits per heavy atom. The first-order valence-electron chi connectivity index (χ1n) is 20.7. The van der Waals surface area contributed by atoms with Crippen LogP contribution in [0.3, 0.4) is 0 Å². The highest BCUT2D eigenvalue weighted by Gasteiger charge is 2.38. The minimum atomic E-state index is -0.102. The molecule has 10 aromatic carbocycles. The van der Waals surface area contributed by atoms with Gasteiger partial charge in [0.25, 0.3) is 0 Å². The molecule has 0 saturated heterocycles. The largest absolute Gasteiger partial charge is 0.0619 e. The zero-order valence-electron chi connectivity index (χ0n) is 33.3. The summed E-state index contributed by atoms with van der Waals surface area (Å²) >= 11 is 0. The Labute approximate surface area is 340 Å². The van der Waals surface area contributed by atoms with Crippen molar-refractivity contribution in [3.8, 4) is 55.6 Å². The summed E-state index contributed by atoms with van der Waals surface area (Å²) in [5.41, 5.74) is 18.5. The molecule has 0 nitrogen and oxygen atoms in total. The van der Waals surface area contributed by atoms with E-state index >= 15 is 0 Å². The van der Waals surface area contributed by atoms with Gasteiger partial charge in [-0.1, -0.05) is 191 Å². The number of rotatable bonds is 3. The Hall–Kier alpha value is -6.76. The fourth-order valence-electron chi connectivity index (χ4n) is 11.0. The first-order valence-corrected chi connectivity index (χ1v) is 20.7. The van der Waals surface area contributed by atoms with E-state index in [9.17, 15) is 0 Å². The van der Waals surface area contributed by atoms with E-state index in [1.807, 2.05) is 0 Å². The molecule has 0 heterocycles. The first-order chi connectivity index (χ1) is 28.3. The van der Waals surface area contributed by atoms with E-state index in [0.717, 1.165) is 0 Å². The minimum Gasteiger partial charge on any atom is -0.0619 e. The van der Waals surface area contributed by atoms with Gasteiger partial charge in [-0.15, -0.1) is 0 Å². The van der Waals surface area contributed by atoms with Crippen molar-refractivity contribution in [3.05, 3.63) is 204 Å². The van der Waals surface area contributed by atoms with Crippen molar-refractivity contribution in [2.24, 2.45) is 0 Å². The predicted molar refractivity (Wildman–Crippen MR) is 248 cm³/mol. The van der Waals surface area contributed by atoms with Crippen molar-refractivity contribution >= 4 is 43.1 Å². The fourth-order valence-corrected chi connectivity index (χ4v) is 11.0. The molecule has 0 fully saturated rings. The Morgan fingerprint density at radius 2 is 0.724 bits per heavy atom. The lowest BCUT2D eigenvalue weighted by Crippen LogP contribution is -2.14. The topological polar surface area (TPSA) is 0 Å².